The lowest BCUT2D eigenvalue weighted by Crippen LogP contribution is -2.28. The number of hydrogen-bond acceptors (Lipinski definition) is 4. The molecule has 3 rings (SSSR count). The molecule has 0 spiro atoms. The van der Waals surface area contributed by atoms with Crippen LogP contribution in [0.1, 0.15) is 24.7 Å². The number of nitrogens with one attached hydrogen (secondary N) is 1. The van der Waals surface area contributed by atoms with Crippen molar-refractivity contribution in [2.75, 3.05) is 13.1 Å². The average Bonchev–Trinajstić information content (AvgIpc) is 2.90. The van der Waals surface area contributed by atoms with Crippen LogP contribution >= 0.6 is 15.9 Å². The lowest BCUT2D eigenvalue weighted by molar-refractivity contribution is 0.322. The van der Waals surface area contributed by atoms with Crippen LogP contribution in [0.2, 0.25) is 0 Å². The number of nitrogens with zero attached hydrogens (tertiary/aromatic N) is 2. The Hall–Kier alpha value is -1.20. The zero-order chi connectivity index (χ0) is 12.4. The van der Waals surface area contributed by atoms with E-state index < -0.39 is 0 Å². The molecule has 0 saturated carbocycles. The van der Waals surface area contributed by atoms with Crippen LogP contribution in [0.3, 0.4) is 0 Å². The fourth-order valence-corrected chi connectivity index (χ4v) is 2.68. The molecule has 5 heteroatoms. The number of benzene rings is 1. The van der Waals surface area contributed by atoms with Gasteiger partial charge in [-0.1, -0.05) is 33.2 Å². The molecule has 1 aromatic carbocycles. The van der Waals surface area contributed by atoms with Crippen molar-refractivity contribution < 1.29 is 4.52 Å². The van der Waals surface area contributed by atoms with Crippen LogP contribution in [0, 0.1) is 0 Å². The van der Waals surface area contributed by atoms with Gasteiger partial charge in [0.15, 0.2) is 0 Å². The van der Waals surface area contributed by atoms with Crippen LogP contribution in [-0.2, 0) is 0 Å². The Bertz CT molecular complexity index is 535. The molecule has 1 aliphatic heterocycles. The Morgan fingerprint density at radius 1 is 1.33 bits per heavy atom. The van der Waals surface area contributed by atoms with Gasteiger partial charge in [0.1, 0.15) is 0 Å². The summed E-state index contributed by atoms with van der Waals surface area (Å²) >= 11 is 3.50. The molecule has 1 aromatic heterocycles. The molecule has 18 heavy (non-hydrogen) atoms. The van der Waals surface area contributed by atoms with Crippen molar-refractivity contribution in [2.24, 2.45) is 0 Å². The third kappa shape index (κ3) is 2.33. The molecule has 1 atom stereocenters. The van der Waals surface area contributed by atoms with Gasteiger partial charge in [0, 0.05) is 16.6 Å². The van der Waals surface area contributed by atoms with E-state index >= 15 is 0 Å². The summed E-state index contributed by atoms with van der Waals surface area (Å²) < 4.78 is 6.38. The Morgan fingerprint density at radius 3 is 3.00 bits per heavy atom. The van der Waals surface area contributed by atoms with Gasteiger partial charge in [0.05, 0.1) is 5.92 Å². The molecule has 1 N–H and O–H groups in total. The normalized spacial score (nSPS) is 19.9. The van der Waals surface area contributed by atoms with Crippen molar-refractivity contribution in [1.82, 2.24) is 15.5 Å². The van der Waals surface area contributed by atoms with Gasteiger partial charge in [-0.15, -0.1) is 0 Å². The highest BCUT2D eigenvalue weighted by Crippen LogP contribution is 2.28. The number of piperidine rings is 1. The molecule has 1 saturated heterocycles. The van der Waals surface area contributed by atoms with Gasteiger partial charge in [0.2, 0.25) is 11.7 Å². The van der Waals surface area contributed by atoms with Crippen molar-refractivity contribution in [3.05, 3.63) is 34.6 Å². The van der Waals surface area contributed by atoms with E-state index in [1.54, 1.807) is 0 Å². The van der Waals surface area contributed by atoms with Gasteiger partial charge in [-0.3, -0.25) is 0 Å². The summed E-state index contributed by atoms with van der Waals surface area (Å²) in [6, 6.07) is 7.91. The minimum atomic E-state index is 0.350. The van der Waals surface area contributed by atoms with E-state index in [4.69, 9.17) is 4.52 Å². The van der Waals surface area contributed by atoms with Crippen LogP contribution in [0.25, 0.3) is 11.4 Å². The fourth-order valence-electron chi connectivity index (χ4n) is 2.22. The van der Waals surface area contributed by atoms with Crippen LogP contribution in [-0.4, -0.2) is 23.2 Å². The smallest absolute Gasteiger partial charge is 0.231 e. The van der Waals surface area contributed by atoms with Crippen LogP contribution in [0.4, 0.5) is 0 Å². The van der Waals surface area contributed by atoms with Gasteiger partial charge in [-0.25, -0.2) is 0 Å². The molecule has 2 aromatic rings. The first-order valence-corrected chi connectivity index (χ1v) is 6.93. The summed E-state index contributed by atoms with van der Waals surface area (Å²) in [6.07, 6.45) is 2.28. The molecular weight excluding hydrogens is 294 g/mol. The zero-order valence-electron chi connectivity index (χ0n) is 9.90. The first-order chi connectivity index (χ1) is 8.84. The lowest BCUT2D eigenvalue weighted by atomic mass is 10.00. The molecule has 4 nitrogen and oxygen atoms in total. The van der Waals surface area contributed by atoms with E-state index in [9.17, 15) is 0 Å². The van der Waals surface area contributed by atoms with Gasteiger partial charge < -0.3 is 9.84 Å². The standard InChI is InChI=1S/C13H14BrN3O/c14-11-6-2-1-5-10(11)12-16-13(18-17-12)9-4-3-7-15-8-9/h1-2,5-6,9,15H,3-4,7-8H2. The largest absolute Gasteiger partial charge is 0.339 e. The Kier molecular flexibility index (Phi) is 3.43. The SMILES string of the molecule is Brc1ccccc1-c1noc(C2CCCNC2)n1. The summed E-state index contributed by atoms with van der Waals surface area (Å²) in [5.74, 6) is 1.75. The number of hydrogen-bond donors (Lipinski definition) is 1. The van der Waals surface area contributed by atoms with E-state index in [2.05, 4.69) is 31.4 Å². The number of halogens is 1. The maximum atomic E-state index is 5.39. The zero-order valence-corrected chi connectivity index (χ0v) is 11.5. The van der Waals surface area contributed by atoms with Crippen LogP contribution < -0.4 is 5.32 Å². The van der Waals surface area contributed by atoms with Crippen molar-refractivity contribution >= 4 is 15.9 Å². The Morgan fingerprint density at radius 2 is 2.22 bits per heavy atom. The van der Waals surface area contributed by atoms with Gasteiger partial charge >= 0.3 is 0 Å². The quantitative estimate of drug-likeness (QED) is 0.926. The predicted octanol–water partition coefficient (Wildman–Crippen LogP) is 2.97. The van der Waals surface area contributed by atoms with Crippen LogP contribution in [0.5, 0.6) is 0 Å². The summed E-state index contributed by atoms with van der Waals surface area (Å²) in [6.45, 7) is 2.01. The second-order valence-electron chi connectivity index (χ2n) is 4.48. The minimum absolute atomic E-state index is 0.350. The molecule has 0 amide bonds. The van der Waals surface area contributed by atoms with E-state index in [1.165, 1.54) is 0 Å². The first-order valence-electron chi connectivity index (χ1n) is 6.14. The second kappa shape index (κ2) is 5.20. The van der Waals surface area contributed by atoms with E-state index in [0.717, 1.165) is 41.9 Å². The minimum Gasteiger partial charge on any atom is -0.339 e. The van der Waals surface area contributed by atoms with Crippen LogP contribution in [0.15, 0.2) is 33.3 Å². The molecule has 0 bridgehead atoms. The number of rotatable bonds is 2. The highest BCUT2D eigenvalue weighted by Gasteiger charge is 2.22. The van der Waals surface area contributed by atoms with Crippen molar-refractivity contribution in [1.29, 1.82) is 0 Å². The second-order valence-corrected chi connectivity index (χ2v) is 5.33. The van der Waals surface area contributed by atoms with Gasteiger partial charge in [0.25, 0.3) is 0 Å². The molecule has 1 aliphatic rings. The summed E-state index contributed by atoms with van der Waals surface area (Å²) in [7, 11) is 0. The van der Waals surface area contributed by atoms with Gasteiger partial charge in [-0.05, 0) is 31.5 Å². The molecule has 0 radical (unpaired) electrons. The number of aromatic nitrogens is 2. The van der Waals surface area contributed by atoms with Crippen molar-refractivity contribution in [3.63, 3.8) is 0 Å². The monoisotopic (exact) mass is 307 g/mol. The highest BCUT2D eigenvalue weighted by atomic mass is 79.9. The highest BCUT2D eigenvalue weighted by molar-refractivity contribution is 9.10. The Labute approximate surface area is 114 Å². The summed E-state index contributed by atoms with van der Waals surface area (Å²) in [4.78, 5) is 4.52. The van der Waals surface area contributed by atoms with E-state index in [0.29, 0.717) is 11.7 Å². The molecule has 1 fully saturated rings. The molecule has 2 heterocycles. The first kappa shape index (κ1) is 11.9. The molecule has 0 aliphatic carbocycles. The van der Waals surface area contributed by atoms with Crippen molar-refractivity contribution in [2.45, 2.75) is 18.8 Å². The third-order valence-corrected chi connectivity index (χ3v) is 3.89. The lowest BCUT2D eigenvalue weighted by Gasteiger charge is -2.18. The molecular formula is C13H14BrN3O. The maximum absolute atomic E-state index is 5.39. The predicted molar refractivity (Wildman–Crippen MR) is 72.3 cm³/mol. The summed E-state index contributed by atoms with van der Waals surface area (Å²) in [5, 5.41) is 7.44. The maximum Gasteiger partial charge on any atom is 0.231 e. The third-order valence-electron chi connectivity index (χ3n) is 3.20. The average molecular weight is 308 g/mol. The van der Waals surface area contributed by atoms with E-state index in [1.807, 2.05) is 24.3 Å². The van der Waals surface area contributed by atoms with Crippen molar-refractivity contribution in [3.8, 4) is 11.4 Å². The fraction of sp³-hybridized carbons (Fsp3) is 0.385. The van der Waals surface area contributed by atoms with Gasteiger partial charge in [-0.2, -0.15) is 4.98 Å². The topological polar surface area (TPSA) is 51.0 Å². The Balaban J connectivity index is 1.87. The molecule has 1 unspecified atom stereocenters. The summed E-state index contributed by atoms with van der Waals surface area (Å²) in [5.41, 5.74) is 0.969. The molecule has 94 valence electrons. The van der Waals surface area contributed by atoms with E-state index in [-0.39, 0.29) is 0 Å².